The van der Waals surface area contributed by atoms with Crippen molar-refractivity contribution in [1.29, 1.82) is 0 Å². The second-order valence-corrected chi connectivity index (χ2v) is 7.00. The predicted molar refractivity (Wildman–Crippen MR) is 106 cm³/mol. The summed E-state index contributed by atoms with van der Waals surface area (Å²) in [4.78, 5) is 13.7. The summed E-state index contributed by atoms with van der Waals surface area (Å²) in [5.41, 5.74) is 2.74. The van der Waals surface area contributed by atoms with Gasteiger partial charge in [0.1, 0.15) is 5.60 Å². The number of anilines is 1. The lowest BCUT2D eigenvalue weighted by molar-refractivity contribution is 0.0589. The maximum Gasteiger partial charge on any atom is 0.414 e. The first kappa shape index (κ1) is 21.0. The molecule has 0 unspecified atom stereocenters. The molecular formula is C21H32N2O2. The van der Waals surface area contributed by atoms with Gasteiger partial charge in [-0.15, -0.1) is 0 Å². The van der Waals surface area contributed by atoms with E-state index >= 15 is 0 Å². The molecule has 0 radical (unpaired) electrons. The molecule has 1 amide bonds. The first-order chi connectivity index (χ1) is 11.8. The van der Waals surface area contributed by atoms with Gasteiger partial charge in [-0.3, -0.25) is 4.90 Å². The molecule has 25 heavy (non-hydrogen) atoms. The van der Waals surface area contributed by atoms with E-state index in [0.717, 1.165) is 30.8 Å². The number of allylic oxidation sites excluding steroid dienone is 2. The van der Waals surface area contributed by atoms with E-state index in [9.17, 15) is 4.79 Å². The van der Waals surface area contributed by atoms with Crippen molar-refractivity contribution in [2.45, 2.75) is 53.2 Å². The molecule has 0 atom stereocenters. The molecule has 0 spiro atoms. The minimum atomic E-state index is -0.501. The van der Waals surface area contributed by atoms with Crippen LogP contribution in [0.15, 0.2) is 48.1 Å². The Morgan fingerprint density at radius 1 is 1.32 bits per heavy atom. The number of rotatable bonds is 7. The van der Waals surface area contributed by atoms with Crippen LogP contribution in [-0.4, -0.2) is 25.3 Å². The van der Waals surface area contributed by atoms with Gasteiger partial charge in [0, 0.05) is 25.8 Å². The van der Waals surface area contributed by atoms with Crippen molar-refractivity contribution in [2.24, 2.45) is 0 Å². The standard InChI is InChI=1S/C21H32N2O2/c1-7-10-17(11-8-2)15-22-16-18-12-9-13-19(14-18)23(6)20(24)25-21(3,4)5/h7,9-14,22H,8,15-16H2,1-6H3/b10-7-,17-11+. The maximum absolute atomic E-state index is 12.2. The molecule has 0 aliphatic carbocycles. The lowest BCUT2D eigenvalue weighted by Gasteiger charge is -2.25. The van der Waals surface area contributed by atoms with Gasteiger partial charge in [-0.2, -0.15) is 0 Å². The van der Waals surface area contributed by atoms with Crippen LogP contribution >= 0.6 is 0 Å². The molecule has 1 aromatic carbocycles. The summed E-state index contributed by atoms with van der Waals surface area (Å²) in [7, 11) is 1.73. The van der Waals surface area contributed by atoms with Gasteiger partial charge in [-0.25, -0.2) is 4.79 Å². The molecule has 138 valence electrons. The topological polar surface area (TPSA) is 41.6 Å². The van der Waals surface area contributed by atoms with E-state index in [1.54, 1.807) is 7.05 Å². The SMILES string of the molecule is C/C=C\C(=C/CC)CNCc1cccc(N(C)C(=O)OC(C)(C)C)c1. The van der Waals surface area contributed by atoms with E-state index in [1.165, 1.54) is 10.5 Å². The smallest absolute Gasteiger partial charge is 0.414 e. The number of benzene rings is 1. The summed E-state index contributed by atoms with van der Waals surface area (Å²) in [5.74, 6) is 0. The van der Waals surface area contributed by atoms with Crippen LogP contribution in [0, 0.1) is 0 Å². The van der Waals surface area contributed by atoms with Crippen LogP contribution in [0.4, 0.5) is 10.5 Å². The summed E-state index contributed by atoms with van der Waals surface area (Å²) in [6.07, 6.45) is 7.08. The Hall–Kier alpha value is -2.07. The zero-order chi connectivity index (χ0) is 18.9. The molecule has 1 rings (SSSR count). The minimum absolute atomic E-state index is 0.348. The first-order valence-corrected chi connectivity index (χ1v) is 8.85. The van der Waals surface area contributed by atoms with Gasteiger partial charge in [0.15, 0.2) is 0 Å². The lowest BCUT2D eigenvalue weighted by atomic mass is 10.1. The van der Waals surface area contributed by atoms with Gasteiger partial charge in [-0.1, -0.05) is 37.3 Å². The second-order valence-electron chi connectivity index (χ2n) is 7.00. The minimum Gasteiger partial charge on any atom is -0.443 e. The van der Waals surface area contributed by atoms with Crippen LogP contribution in [0.25, 0.3) is 0 Å². The predicted octanol–water partition coefficient (Wildman–Crippen LogP) is 5.06. The number of nitrogens with one attached hydrogen (secondary N) is 1. The van der Waals surface area contributed by atoms with Crippen LogP contribution < -0.4 is 10.2 Å². The number of hydrogen-bond acceptors (Lipinski definition) is 3. The molecule has 0 aliphatic rings. The Labute approximate surface area is 152 Å². The Morgan fingerprint density at radius 2 is 2.04 bits per heavy atom. The highest BCUT2D eigenvalue weighted by Crippen LogP contribution is 2.18. The summed E-state index contributed by atoms with van der Waals surface area (Å²) < 4.78 is 5.42. The largest absolute Gasteiger partial charge is 0.443 e. The summed E-state index contributed by atoms with van der Waals surface area (Å²) >= 11 is 0. The van der Waals surface area contributed by atoms with Gasteiger partial charge in [0.25, 0.3) is 0 Å². The molecule has 0 saturated carbocycles. The van der Waals surface area contributed by atoms with Crippen molar-refractivity contribution < 1.29 is 9.53 Å². The number of amides is 1. The van der Waals surface area contributed by atoms with Crippen LogP contribution in [0.3, 0.4) is 0 Å². The maximum atomic E-state index is 12.2. The number of hydrogen-bond donors (Lipinski definition) is 1. The molecule has 0 bridgehead atoms. The van der Waals surface area contributed by atoms with Gasteiger partial charge in [0.2, 0.25) is 0 Å². The molecule has 0 heterocycles. The van der Waals surface area contributed by atoms with Crippen molar-refractivity contribution in [3.05, 3.63) is 53.6 Å². The zero-order valence-electron chi connectivity index (χ0n) is 16.4. The van der Waals surface area contributed by atoms with Crippen molar-refractivity contribution >= 4 is 11.8 Å². The highest BCUT2D eigenvalue weighted by molar-refractivity contribution is 5.87. The second kappa shape index (κ2) is 10.0. The molecule has 0 aliphatic heterocycles. The molecule has 1 aromatic rings. The average molecular weight is 344 g/mol. The fourth-order valence-electron chi connectivity index (χ4n) is 2.34. The average Bonchev–Trinajstić information content (AvgIpc) is 2.53. The number of carbonyl (C=O) groups excluding carboxylic acids is 1. The monoisotopic (exact) mass is 344 g/mol. The molecule has 0 fully saturated rings. The third-order valence-electron chi connectivity index (χ3n) is 3.47. The van der Waals surface area contributed by atoms with Crippen molar-refractivity contribution in [2.75, 3.05) is 18.5 Å². The van der Waals surface area contributed by atoms with Crippen molar-refractivity contribution in [1.82, 2.24) is 5.32 Å². The van der Waals surface area contributed by atoms with Gasteiger partial charge >= 0.3 is 6.09 Å². The van der Waals surface area contributed by atoms with E-state index < -0.39 is 5.60 Å². The third kappa shape index (κ3) is 8.03. The van der Waals surface area contributed by atoms with Gasteiger partial charge in [0.05, 0.1) is 0 Å². The molecule has 4 heteroatoms. The zero-order valence-corrected chi connectivity index (χ0v) is 16.4. The summed E-state index contributed by atoms with van der Waals surface area (Å²) in [6.45, 7) is 11.3. The summed E-state index contributed by atoms with van der Waals surface area (Å²) in [6, 6.07) is 7.94. The lowest BCUT2D eigenvalue weighted by Crippen LogP contribution is -2.34. The van der Waals surface area contributed by atoms with Crippen LogP contribution in [0.2, 0.25) is 0 Å². The Balaban J connectivity index is 2.68. The Kier molecular flexibility index (Phi) is 8.42. The molecule has 0 saturated heterocycles. The fourth-order valence-corrected chi connectivity index (χ4v) is 2.34. The quantitative estimate of drug-likeness (QED) is 0.703. The fraction of sp³-hybridized carbons (Fsp3) is 0.476. The van der Waals surface area contributed by atoms with E-state index in [4.69, 9.17) is 4.74 Å². The highest BCUT2D eigenvalue weighted by Gasteiger charge is 2.20. The third-order valence-corrected chi connectivity index (χ3v) is 3.47. The number of nitrogens with zero attached hydrogens (tertiary/aromatic N) is 1. The number of ether oxygens (including phenoxy) is 1. The Bertz CT molecular complexity index is 613. The van der Waals surface area contributed by atoms with Gasteiger partial charge < -0.3 is 10.1 Å². The number of carbonyl (C=O) groups is 1. The first-order valence-electron chi connectivity index (χ1n) is 8.85. The van der Waals surface area contributed by atoms with Crippen LogP contribution in [0.1, 0.15) is 46.6 Å². The van der Waals surface area contributed by atoms with Crippen molar-refractivity contribution in [3.63, 3.8) is 0 Å². The summed E-state index contributed by atoms with van der Waals surface area (Å²) in [5, 5.41) is 3.45. The van der Waals surface area contributed by atoms with Crippen LogP contribution in [-0.2, 0) is 11.3 Å². The van der Waals surface area contributed by atoms with Crippen LogP contribution in [0.5, 0.6) is 0 Å². The Morgan fingerprint density at radius 3 is 2.64 bits per heavy atom. The van der Waals surface area contributed by atoms with E-state index in [-0.39, 0.29) is 6.09 Å². The molecular weight excluding hydrogens is 312 g/mol. The van der Waals surface area contributed by atoms with Gasteiger partial charge in [-0.05, 0) is 57.4 Å². The van der Waals surface area contributed by atoms with E-state index in [1.807, 2.05) is 45.9 Å². The molecule has 0 aromatic heterocycles. The van der Waals surface area contributed by atoms with E-state index in [2.05, 4.69) is 36.5 Å². The highest BCUT2D eigenvalue weighted by atomic mass is 16.6. The van der Waals surface area contributed by atoms with Crippen molar-refractivity contribution in [3.8, 4) is 0 Å². The normalized spacial score (nSPS) is 12.5. The molecule has 1 N–H and O–H groups in total. The molecule has 4 nitrogen and oxygen atoms in total. The van der Waals surface area contributed by atoms with E-state index in [0.29, 0.717) is 0 Å².